The van der Waals surface area contributed by atoms with E-state index in [-0.39, 0.29) is 6.03 Å². The summed E-state index contributed by atoms with van der Waals surface area (Å²) >= 11 is 0. The van der Waals surface area contributed by atoms with Crippen LogP contribution in [0.3, 0.4) is 0 Å². The quantitative estimate of drug-likeness (QED) is 0.814. The molecule has 8 heteroatoms. The van der Waals surface area contributed by atoms with E-state index in [1.54, 1.807) is 12.5 Å². The van der Waals surface area contributed by atoms with Crippen molar-refractivity contribution in [2.75, 3.05) is 23.3 Å². The van der Waals surface area contributed by atoms with Gasteiger partial charge in [0.05, 0.1) is 18.4 Å². The van der Waals surface area contributed by atoms with E-state index >= 15 is 0 Å². The highest BCUT2D eigenvalue weighted by atomic mass is 16.2. The van der Waals surface area contributed by atoms with Crippen LogP contribution in [-0.4, -0.2) is 38.9 Å². The van der Waals surface area contributed by atoms with E-state index < -0.39 is 0 Å². The predicted molar refractivity (Wildman–Crippen MR) is 89.4 cm³/mol. The summed E-state index contributed by atoms with van der Waals surface area (Å²) in [4.78, 5) is 18.4. The highest BCUT2D eigenvalue weighted by Gasteiger charge is 2.07. The van der Waals surface area contributed by atoms with Crippen molar-refractivity contribution >= 4 is 17.5 Å². The van der Waals surface area contributed by atoms with Crippen LogP contribution in [0.1, 0.15) is 26.6 Å². The van der Waals surface area contributed by atoms with Gasteiger partial charge in [-0.25, -0.2) is 9.78 Å². The van der Waals surface area contributed by atoms with Crippen molar-refractivity contribution < 1.29 is 4.79 Å². The molecule has 0 aliphatic carbocycles. The first kappa shape index (κ1) is 16.7. The summed E-state index contributed by atoms with van der Waals surface area (Å²) in [6.45, 7) is 9.05. The molecule has 2 aromatic rings. The molecule has 23 heavy (non-hydrogen) atoms. The Balaban J connectivity index is 1.88. The van der Waals surface area contributed by atoms with Crippen molar-refractivity contribution in [2.45, 2.75) is 33.9 Å². The van der Waals surface area contributed by atoms with Gasteiger partial charge in [-0.1, -0.05) is 0 Å². The fraction of sp³-hybridized carbons (Fsp3) is 0.467. The maximum absolute atomic E-state index is 11.9. The van der Waals surface area contributed by atoms with Crippen LogP contribution in [0.5, 0.6) is 0 Å². The van der Waals surface area contributed by atoms with E-state index in [0.717, 1.165) is 31.3 Å². The first-order valence-electron chi connectivity index (χ1n) is 7.80. The minimum atomic E-state index is -0.298. The first-order chi connectivity index (χ1) is 11.2. The van der Waals surface area contributed by atoms with Crippen LogP contribution >= 0.6 is 0 Å². The highest BCUT2D eigenvalue weighted by Crippen LogP contribution is 2.13. The Kier molecular flexibility index (Phi) is 5.90. The number of amides is 2. The van der Waals surface area contributed by atoms with Crippen LogP contribution < -0.4 is 15.5 Å². The van der Waals surface area contributed by atoms with E-state index in [0.29, 0.717) is 12.2 Å². The summed E-state index contributed by atoms with van der Waals surface area (Å²) in [6.07, 6.45) is 3.30. The molecule has 2 aromatic heterocycles. The van der Waals surface area contributed by atoms with Crippen molar-refractivity contribution in [3.05, 3.63) is 30.5 Å². The highest BCUT2D eigenvalue weighted by molar-refractivity contribution is 5.89. The maximum atomic E-state index is 11.9. The van der Waals surface area contributed by atoms with Crippen LogP contribution in [0.4, 0.5) is 16.3 Å². The Hall–Kier alpha value is -2.64. The van der Waals surface area contributed by atoms with E-state index in [2.05, 4.69) is 44.6 Å². The molecule has 0 aliphatic rings. The van der Waals surface area contributed by atoms with Gasteiger partial charge in [-0.15, -0.1) is 10.2 Å². The summed E-state index contributed by atoms with van der Waals surface area (Å²) in [6, 6.07) is 3.44. The zero-order chi connectivity index (χ0) is 16.7. The second-order valence-corrected chi connectivity index (χ2v) is 4.92. The Bertz CT molecular complexity index is 619. The van der Waals surface area contributed by atoms with Gasteiger partial charge in [0.25, 0.3) is 0 Å². The number of carbonyl (C=O) groups is 1. The molecular weight excluding hydrogens is 294 g/mol. The molecule has 0 aliphatic heterocycles. The molecule has 8 nitrogen and oxygen atoms in total. The van der Waals surface area contributed by atoms with E-state index in [1.165, 1.54) is 0 Å². The SMILES string of the molecule is CCN(CC)c1ccc(NC(=O)NCc2nncn2CC)cn1. The van der Waals surface area contributed by atoms with Gasteiger partial charge in [-0.05, 0) is 32.9 Å². The smallest absolute Gasteiger partial charge is 0.319 e. The number of nitrogens with zero attached hydrogens (tertiary/aromatic N) is 5. The molecule has 0 aromatic carbocycles. The molecular formula is C15H23N7O. The van der Waals surface area contributed by atoms with Crippen LogP contribution in [0.15, 0.2) is 24.7 Å². The molecule has 0 saturated carbocycles. The third-order valence-electron chi connectivity index (χ3n) is 3.54. The summed E-state index contributed by atoms with van der Waals surface area (Å²) in [7, 11) is 0. The van der Waals surface area contributed by atoms with Gasteiger partial charge in [-0.2, -0.15) is 0 Å². The molecule has 0 saturated heterocycles. The Morgan fingerprint density at radius 1 is 1.26 bits per heavy atom. The summed E-state index contributed by atoms with van der Waals surface area (Å²) in [5.74, 6) is 1.62. The molecule has 0 spiro atoms. The minimum Gasteiger partial charge on any atom is -0.357 e. The van der Waals surface area contributed by atoms with Gasteiger partial charge in [0.15, 0.2) is 5.82 Å². The number of aromatic nitrogens is 4. The summed E-state index contributed by atoms with van der Waals surface area (Å²) < 4.78 is 1.88. The molecule has 0 fully saturated rings. The maximum Gasteiger partial charge on any atom is 0.319 e. The Morgan fingerprint density at radius 2 is 2.04 bits per heavy atom. The van der Waals surface area contributed by atoms with Gasteiger partial charge in [0.2, 0.25) is 0 Å². The Morgan fingerprint density at radius 3 is 2.65 bits per heavy atom. The third-order valence-corrected chi connectivity index (χ3v) is 3.54. The van der Waals surface area contributed by atoms with Crippen molar-refractivity contribution in [1.29, 1.82) is 0 Å². The second-order valence-electron chi connectivity index (χ2n) is 4.92. The fourth-order valence-corrected chi connectivity index (χ4v) is 2.21. The molecule has 2 rings (SSSR count). The fourth-order valence-electron chi connectivity index (χ4n) is 2.21. The molecule has 0 bridgehead atoms. The molecule has 124 valence electrons. The van der Waals surface area contributed by atoms with Crippen molar-refractivity contribution in [3.8, 4) is 0 Å². The van der Waals surface area contributed by atoms with Gasteiger partial charge >= 0.3 is 6.03 Å². The lowest BCUT2D eigenvalue weighted by Crippen LogP contribution is -2.29. The number of rotatable bonds is 7. The summed E-state index contributed by atoms with van der Waals surface area (Å²) in [5, 5.41) is 13.3. The van der Waals surface area contributed by atoms with Crippen molar-refractivity contribution in [2.24, 2.45) is 0 Å². The number of carbonyl (C=O) groups excluding carboxylic acids is 1. The lowest BCUT2D eigenvalue weighted by Gasteiger charge is -2.19. The zero-order valence-corrected chi connectivity index (χ0v) is 13.8. The third kappa shape index (κ3) is 4.41. The number of aryl methyl sites for hydroxylation is 1. The number of anilines is 2. The van der Waals surface area contributed by atoms with E-state index in [9.17, 15) is 4.79 Å². The van der Waals surface area contributed by atoms with Crippen LogP contribution in [0, 0.1) is 0 Å². The zero-order valence-electron chi connectivity index (χ0n) is 13.8. The molecule has 0 unspecified atom stereocenters. The number of hydrogen-bond acceptors (Lipinski definition) is 5. The van der Waals surface area contributed by atoms with Gasteiger partial charge in [0, 0.05) is 19.6 Å². The molecule has 0 atom stereocenters. The van der Waals surface area contributed by atoms with Crippen LogP contribution in [0.25, 0.3) is 0 Å². The lowest BCUT2D eigenvalue weighted by molar-refractivity contribution is 0.251. The minimum absolute atomic E-state index is 0.298. The van der Waals surface area contributed by atoms with E-state index in [4.69, 9.17) is 0 Å². The van der Waals surface area contributed by atoms with Gasteiger partial charge in [-0.3, -0.25) is 0 Å². The average Bonchev–Trinajstić information content (AvgIpc) is 3.03. The molecule has 2 heterocycles. The van der Waals surface area contributed by atoms with Crippen LogP contribution in [0.2, 0.25) is 0 Å². The largest absolute Gasteiger partial charge is 0.357 e. The number of nitrogens with one attached hydrogen (secondary N) is 2. The molecule has 2 amide bonds. The number of urea groups is 1. The Labute approximate surface area is 135 Å². The van der Waals surface area contributed by atoms with Gasteiger partial charge in [0.1, 0.15) is 12.1 Å². The van der Waals surface area contributed by atoms with E-state index in [1.807, 2.05) is 23.6 Å². The van der Waals surface area contributed by atoms with Crippen LogP contribution in [-0.2, 0) is 13.1 Å². The topological polar surface area (TPSA) is 88.0 Å². The monoisotopic (exact) mass is 317 g/mol. The molecule has 2 N–H and O–H groups in total. The number of hydrogen-bond donors (Lipinski definition) is 2. The molecule has 0 radical (unpaired) electrons. The first-order valence-corrected chi connectivity index (χ1v) is 7.80. The number of pyridine rings is 1. The summed E-state index contributed by atoms with van der Waals surface area (Å²) in [5.41, 5.74) is 0.648. The normalized spacial score (nSPS) is 10.4. The second kappa shape index (κ2) is 8.11. The van der Waals surface area contributed by atoms with Crippen molar-refractivity contribution in [1.82, 2.24) is 25.1 Å². The van der Waals surface area contributed by atoms with Gasteiger partial charge < -0.3 is 20.1 Å². The lowest BCUT2D eigenvalue weighted by atomic mass is 10.3. The predicted octanol–water partition coefficient (Wildman–Crippen LogP) is 1.86. The van der Waals surface area contributed by atoms with Crippen molar-refractivity contribution in [3.63, 3.8) is 0 Å². The standard InChI is InChI=1S/C15H23N7O/c1-4-21(5-2)13-8-7-12(9-16-13)19-15(23)17-10-14-20-18-11-22(14)6-3/h7-9,11H,4-6,10H2,1-3H3,(H2,17,19,23). The average molecular weight is 317 g/mol.